The van der Waals surface area contributed by atoms with Crippen LogP contribution in [0.4, 0.5) is 0 Å². The molecule has 23 heavy (non-hydrogen) atoms. The monoisotopic (exact) mass is 315 g/mol. The first-order valence-electron chi connectivity index (χ1n) is 7.50. The molecule has 2 rings (SSSR count). The van der Waals surface area contributed by atoms with Crippen molar-refractivity contribution in [3.8, 4) is 5.75 Å². The van der Waals surface area contributed by atoms with Crippen LogP contribution in [0.2, 0.25) is 0 Å². The average Bonchev–Trinajstić information content (AvgIpc) is 2.53. The van der Waals surface area contributed by atoms with Gasteiger partial charge in [-0.3, -0.25) is 14.2 Å². The Morgan fingerprint density at radius 2 is 2.13 bits per heavy atom. The van der Waals surface area contributed by atoms with Crippen LogP contribution in [0.5, 0.6) is 5.75 Å². The van der Waals surface area contributed by atoms with Crippen LogP contribution in [0, 0.1) is 13.8 Å². The highest BCUT2D eigenvalue weighted by Gasteiger charge is 2.15. The summed E-state index contributed by atoms with van der Waals surface area (Å²) in [6.07, 6.45) is 2.28. The number of nitrogens with one attached hydrogen (secondary N) is 1. The van der Waals surface area contributed by atoms with Crippen molar-refractivity contribution in [3.63, 3.8) is 0 Å². The number of rotatable bonds is 6. The van der Waals surface area contributed by atoms with Gasteiger partial charge in [0.1, 0.15) is 5.75 Å². The van der Waals surface area contributed by atoms with Gasteiger partial charge in [-0.2, -0.15) is 0 Å². The third kappa shape index (κ3) is 4.42. The van der Waals surface area contributed by atoms with E-state index in [4.69, 9.17) is 4.74 Å². The lowest BCUT2D eigenvalue weighted by Crippen LogP contribution is -2.38. The largest absolute Gasteiger partial charge is 0.481 e. The van der Waals surface area contributed by atoms with Crippen LogP contribution in [0.3, 0.4) is 0 Å². The van der Waals surface area contributed by atoms with Crippen molar-refractivity contribution in [2.75, 3.05) is 6.54 Å². The maximum atomic E-state index is 12.1. The van der Waals surface area contributed by atoms with Crippen LogP contribution in [0.1, 0.15) is 18.1 Å². The van der Waals surface area contributed by atoms with Crippen LogP contribution in [-0.4, -0.2) is 28.1 Å². The van der Waals surface area contributed by atoms with Crippen molar-refractivity contribution in [1.82, 2.24) is 14.9 Å². The summed E-state index contributed by atoms with van der Waals surface area (Å²) in [4.78, 5) is 27.5. The summed E-state index contributed by atoms with van der Waals surface area (Å²) in [6, 6.07) is 7.13. The molecule has 6 heteroatoms. The minimum atomic E-state index is -0.610. The highest BCUT2D eigenvalue weighted by molar-refractivity contribution is 5.80. The molecule has 1 heterocycles. The molecule has 1 aromatic carbocycles. The molecule has 0 aliphatic carbocycles. The number of ether oxygens (including phenoxy) is 1. The van der Waals surface area contributed by atoms with Crippen LogP contribution in [0.15, 0.2) is 41.6 Å². The lowest BCUT2D eigenvalue weighted by molar-refractivity contribution is -0.127. The van der Waals surface area contributed by atoms with Crippen molar-refractivity contribution in [2.24, 2.45) is 0 Å². The fourth-order valence-corrected chi connectivity index (χ4v) is 2.09. The van der Waals surface area contributed by atoms with E-state index in [1.807, 2.05) is 32.0 Å². The second kappa shape index (κ2) is 7.58. The van der Waals surface area contributed by atoms with Crippen molar-refractivity contribution in [1.29, 1.82) is 0 Å². The Hall–Kier alpha value is -2.63. The van der Waals surface area contributed by atoms with Gasteiger partial charge in [0.15, 0.2) is 6.10 Å². The smallest absolute Gasteiger partial charge is 0.260 e. The van der Waals surface area contributed by atoms with Crippen molar-refractivity contribution < 1.29 is 9.53 Å². The maximum absolute atomic E-state index is 12.1. The lowest BCUT2D eigenvalue weighted by Gasteiger charge is -2.17. The van der Waals surface area contributed by atoms with Gasteiger partial charge in [-0.05, 0) is 38.0 Å². The molecule has 0 saturated carbocycles. The molecule has 0 radical (unpaired) electrons. The Balaban J connectivity index is 1.87. The summed E-state index contributed by atoms with van der Waals surface area (Å²) < 4.78 is 7.16. The van der Waals surface area contributed by atoms with E-state index in [9.17, 15) is 9.59 Å². The number of hydrogen-bond acceptors (Lipinski definition) is 4. The Kier molecular flexibility index (Phi) is 5.51. The molecule has 0 aliphatic rings. The number of amides is 1. The number of benzene rings is 1. The van der Waals surface area contributed by atoms with Gasteiger partial charge in [0.2, 0.25) is 0 Å². The Bertz CT molecular complexity index is 740. The zero-order valence-electron chi connectivity index (χ0n) is 13.6. The molecule has 2 aromatic rings. The predicted molar refractivity (Wildman–Crippen MR) is 87.5 cm³/mol. The first kappa shape index (κ1) is 16.7. The highest BCUT2D eigenvalue weighted by Crippen LogP contribution is 2.21. The maximum Gasteiger partial charge on any atom is 0.260 e. The number of carbonyl (C=O) groups is 1. The number of hydrogen-bond donors (Lipinski definition) is 1. The third-order valence-electron chi connectivity index (χ3n) is 3.67. The van der Waals surface area contributed by atoms with Gasteiger partial charge in [0, 0.05) is 25.4 Å². The number of nitrogens with zero attached hydrogens (tertiary/aromatic N) is 2. The first-order chi connectivity index (χ1) is 11.0. The summed E-state index contributed by atoms with van der Waals surface area (Å²) in [5, 5.41) is 2.76. The zero-order valence-corrected chi connectivity index (χ0v) is 13.6. The highest BCUT2D eigenvalue weighted by atomic mass is 16.5. The standard InChI is InChI=1S/C17H21N3O3/c1-12-5-4-6-15(13(12)2)23-14(3)17(22)19-9-10-20-11-18-8-7-16(20)21/h4-8,11,14H,9-10H2,1-3H3,(H,19,22). The molecule has 1 aromatic heterocycles. The third-order valence-corrected chi connectivity index (χ3v) is 3.67. The van der Waals surface area contributed by atoms with Crippen molar-refractivity contribution in [2.45, 2.75) is 33.4 Å². The van der Waals surface area contributed by atoms with Crippen molar-refractivity contribution in [3.05, 3.63) is 58.3 Å². The number of carbonyl (C=O) groups excluding carboxylic acids is 1. The Labute approximate surface area is 135 Å². The van der Waals surface area contributed by atoms with Gasteiger partial charge < -0.3 is 10.1 Å². The molecular weight excluding hydrogens is 294 g/mol. The molecule has 1 unspecified atom stereocenters. The van der Waals surface area contributed by atoms with E-state index >= 15 is 0 Å². The topological polar surface area (TPSA) is 73.2 Å². The normalized spacial score (nSPS) is 11.8. The van der Waals surface area contributed by atoms with Crippen LogP contribution < -0.4 is 15.6 Å². The SMILES string of the molecule is Cc1cccc(OC(C)C(=O)NCCn2cnccc2=O)c1C. The van der Waals surface area contributed by atoms with E-state index in [1.165, 1.54) is 23.2 Å². The Morgan fingerprint density at radius 1 is 1.35 bits per heavy atom. The second-order valence-corrected chi connectivity index (χ2v) is 5.36. The second-order valence-electron chi connectivity index (χ2n) is 5.36. The summed E-state index contributed by atoms with van der Waals surface area (Å²) in [5.74, 6) is 0.485. The van der Waals surface area contributed by atoms with Gasteiger partial charge >= 0.3 is 0 Å². The van der Waals surface area contributed by atoms with Crippen molar-refractivity contribution >= 4 is 5.91 Å². The van der Waals surface area contributed by atoms with E-state index in [-0.39, 0.29) is 11.5 Å². The van der Waals surface area contributed by atoms with Crippen LogP contribution in [-0.2, 0) is 11.3 Å². The molecule has 6 nitrogen and oxygen atoms in total. The average molecular weight is 315 g/mol. The molecule has 1 amide bonds. The van der Waals surface area contributed by atoms with E-state index < -0.39 is 6.10 Å². The van der Waals surface area contributed by atoms with E-state index in [0.29, 0.717) is 18.8 Å². The fraction of sp³-hybridized carbons (Fsp3) is 0.353. The van der Waals surface area contributed by atoms with Gasteiger partial charge in [-0.1, -0.05) is 12.1 Å². The summed E-state index contributed by atoms with van der Waals surface area (Å²) >= 11 is 0. The Morgan fingerprint density at radius 3 is 2.87 bits per heavy atom. The molecule has 0 spiro atoms. The minimum Gasteiger partial charge on any atom is -0.481 e. The van der Waals surface area contributed by atoms with Gasteiger partial charge in [-0.15, -0.1) is 0 Å². The quantitative estimate of drug-likeness (QED) is 0.875. The van der Waals surface area contributed by atoms with Crippen LogP contribution in [0.25, 0.3) is 0 Å². The molecule has 1 N–H and O–H groups in total. The lowest BCUT2D eigenvalue weighted by atomic mass is 10.1. The molecule has 0 aliphatic heterocycles. The predicted octanol–water partition coefficient (Wildman–Crippen LogP) is 1.44. The summed E-state index contributed by atoms with van der Waals surface area (Å²) in [7, 11) is 0. The number of aryl methyl sites for hydroxylation is 1. The minimum absolute atomic E-state index is 0.145. The van der Waals surface area contributed by atoms with Gasteiger partial charge in [0.05, 0.1) is 6.33 Å². The molecule has 1 atom stereocenters. The van der Waals surface area contributed by atoms with Gasteiger partial charge in [0.25, 0.3) is 11.5 Å². The molecule has 122 valence electrons. The number of aromatic nitrogens is 2. The van der Waals surface area contributed by atoms with E-state index in [0.717, 1.165) is 11.1 Å². The zero-order chi connectivity index (χ0) is 16.8. The van der Waals surface area contributed by atoms with Gasteiger partial charge in [-0.25, -0.2) is 4.98 Å². The first-order valence-corrected chi connectivity index (χ1v) is 7.50. The molecule has 0 saturated heterocycles. The molecular formula is C17H21N3O3. The fourth-order valence-electron chi connectivity index (χ4n) is 2.09. The summed E-state index contributed by atoms with van der Waals surface area (Å²) in [6.45, 7) is 6.37. The van der Waals surface area contributed by atoms with E-state index in [1.54, 1.807) is 6.92 Å². The van der Waals surface area contributed by atoms with Crippen LogP contribution >= 0.6 is 0 Å². The molecule has 0 fully saturated rings. The summed E-state index contributed by atoms with van der Waals surface area (Å²) in [5.41, 5.74) is 1.99. The molecule has 0 bridgehead atoms. The van der Waals surface area contributed by atoms with E-state index in [2.05, 4.69) is 10.3 Å².